The molecule has 0 saturated carbocycles. The Bertz CT molecular complexity index is 1720. The molecule has 5 aromatic rings. The van der Waals surface area contributed by atoms with E-state index in [9.17, 15) is 4.79 Å². The number of benzene rings is 2. The van der Waals surface area contributed by atoms with Crippen LogP contribution < -0.4 is 19.5 Å². The van der Waals surface area contributed by atoms with Crippen LogP contribution in [0.15, 0.2) is 42.7 Å². The van der Waals surface area contributed by atoms with Gasteiger partial charge in [-0.15, -0.1) is 11.3 Å². The SMILES string of the molecule is COc1cnc2c(-c3nc4c(C)cc5c(c4s3)OCC(COC(=O)Nc3ccc(C)nc3)O5)cc(C)cc2n1. The average Bonchev–Trinajstić information content (AvgIpc) is 3.38. The number of nitrogens with zero attached hydrogens (tertiary/aromatic N) is 4. The number of hydrogen-bond donors (Lipinski definition) is 1. The molecule has 1 unspecified atom stereocenters. The number of pyridine rings is 1. The molecule has 0 bridgehead atoms. The Morgan fingerprint density at radius 1 is 1.10 bits per heavy atom. The van der Waals surface area contributed by atoms with E-state index in [4.69, 9.17) is 23.9 Å². The summed E-state index contributed by atoms with van der Waals surface area (Å²) in [5.41, 5.74) is 6.64. The van der Waals surface area contributed by atoms with Crippen LogP contribution in [0.25, 0.3) is 31.8 Å². The van der Waals surface area contributed by atoms with Crippen LogP contribution in [0, 0.1) is 20.8 Å². The zero-order valence-corrected chi connectivity index (χ0v) is 22.6. The third-order valence-corrected chi connectivity index (χ3v) is 7.34. The first kappa shape index (κ1) is 24.8. The Kier molecular flexibility index (Phi) is 6.35. The number of ether oxygens (including phenoxy) is 4. The van der Waals surface area contributed by atoms with Gasteiger partial charge in [-0.3, -0.25) is 10.3 Å². The number of carbonyl (C=O) groups excluding carboxylic acids is 1. The molecule has 2 aromatic carbocycles. The van der Waals surface area contributed by atoms with Crippen LogP contribution in [0.1, 0.15) is 16.8 Å². The third-order valence-electron chi connectivity index (χ3n) is 6.25. The fourth-order valence-corrected chi connectivity index (χ4v) is 5.52. The van der Waals surface area contributed by atoms with Gasteiger partial charge in [0.1, 0.15) is 22.9 Å². The largest absolute Gasteiger partial charge is 0.484 e. The molecule has 1 N–H and O–H groups in total. The van der Waals surface area contributed by atoms with Crippen molar-refractivity contribution in [2.45, 2.75) is 26.9 Å². The third kappa shape index (κ3) is 4.88. The van der Waals surface area contributed by atoms with Gasteiger partial charge in [0.05, 0.1) is 41.7 Å². The van der Waals surface area contributed by atoms with Gasteiger partial charge in [0.25, 0.3) is 0 Å². The molecular formula is C28H25N5O5S. The number of fused-ring (bicyclic) bond motifs is 4. The molecule has 3 aromatic heterocycles. The minimum atomic E-state index is -0.583. The number of anilines is 1. The molecule has 198 valence electrons. The van der Waals surface area contributed by atoms with Gasteiger partial charge in [-0.1, -0.05) is 0 Å². The molecule has 0 fully saturated rings. The smallest absolute Gasteiger partial charge is 0.411 e. The van der Waals surface area contributed by atoms with Crippen molar-refractivity contribution in [3.8, 4) is 28.0 Å². The van der Waals surface area contributed by atoms with Gasteiger partial charge < -0.3 is 18.9 Å². The number of thiazole rings is 1. The van der Waals surface area contributed by atoms with Gasteiger partial charge in [-0.05, 0) is 62.2 Å². The predicted octanol–water partition coefficient (Wildman–Crippen LogP) is 5.62. The lowest BCUT2D eigenvalue weighted by Gasteiger charge is -2.26. The Morgan fingerprint density at radius 3 is 2.77 bits per heavy atom. The standard InChI is InChI=1S/C28H25N5O5S/c1-14-7-19(24-20(8-14)32-22(35-4)11-30-24)27-33-23-15(2)9-21-25(26(23)39-27)36-12-18(38-21)13-37-28(34)31-17-6-5-16(3)29-10-17/h5-11,18H,12-13H2,1-4H3,(H,31,34). The first-order valence-electron chi connectivity index (χ1n) is 12.3. The average molecular weight is 544 g/mol. The number of aryl methyl sites for hydroxylation is 3. The molecule has 4 heterocycles. The monoisotopic (exact) mass is 543 g/mol. The first-order chi connectivity index (χ1) is 18.9. The van der Waals surface area contributed by atoms with Gasteiger partial charge in [-0.2, -0.15) is 0 Å². The minimum Gasteiger partial charge on any atom is -0.484 e. The van der Waals surface area contributed by atoms with E-state index in [0.717, 1.165) is 48.6 Å². The van der Waals surface area contributed by atoms with Gasteiger partial charge in [-0.25, -0.2) is 19.7 Å². The second-order valence-electron chi connectivity index (χ2n) is 9.27. The molecule has 0 aliphatic carbocycles. The molecule has 11 heteroatoms. The maximum absolute atomic E-state index is 12.2. The van der Waals surface area contributed by atoms with E-state index >= 15 is 0 Å². The van der Waals surface area contributed by atoms with Crippen LogP contribution in [-0.4, -0.2) is 52.5 Å². The van der Waals surface area contributed by atoms with Crippen LogP contribution >= 0.6 is 11.3 Å². The molecule has 0 saturated heterocycles. The predicted molar refractivity (Wildman–Crippen MR) is 148 cm³/mol. The second kappa shape index (κ2) is 9.99. The minimum absolute atomic E-state index is 0.0347. The summed E-state index contributed by atoms with van der Waals surface area (Å²) in [4.78, 5) is 30.5. The summed E-state index contributed by atoms with van der Waals surface area (Å²) in [6, 6.07) is 9.52. The van der Waals surface area contributed by atoms with Crippen molar-refractivity contribution >= 4 is 44.4 Å². The Morgan fingerprint density at radius 2 is 1.97 bits per heavy atom. The fourth-order valence-electron chi connectivity index (χ4n) is 4.37. The summed E-state index contributed by atoms with van der Waals surface area (Å²) in [7, 11) is 1.57. The lowest BCUT2D eigenvalue weighted by molar-refractivity contribution is 0.0383. The zero-order valence-electron chi connectivity index (χ0n) is 21.8. The molecule has 1 aliphatic heterocycles. The maximum atomic E-state index is 12.2. The van der Waals surface area contributed by atoms with E-state index in [1.807, 2.05) is 39.0 Å². The van der Waals surface area contributed by atoms with E-state index in [1.54, 1.807) is 25.6 Å². The number of nitrogens with one attached hydrogen (secondary N) is 1. The summed E-state index contributed by atoms with van der Waals surface area (Å²) in [5.74, 6) is 1.69. The van der Waals surface area contributed by atoms with Crippen molar-refractivity contribution in [2.75, 3.05) is 25.6 Å². The van der Waals surface area contributed by atoms with Gasteiger partial charge >= 0.3 is 6.09 Å². The van der Waals surface area contributed by atoms with Crippen LogP contribution in [0.3, 0.4) is 0 Å². The topological polar surface area (TPSA) is 118 Å². The molecular weight excluding hydrogens is 518 g/mol. The highest BCUT2D eigenvalue weighted by atomic mass is 32.1. The summed E-state index contributed by atoms with van der Waals surface area (Å²) in [5, 5.41) is 3.47. The molecule has 39 heavy (non-hydrogen) atoms. The fraction of sp³-hybridized carbons (Fsp3) is 0.250. The number of aromatic nitrogens is 4. The van der Waals surface area contributed by atoms with Crippen molar-refractivity contribution in [1.29, 1.82) is 0 Å². The normalized spacial score (nSPS) is 14.4. The quantitative estimate of drug-likeness (QED) is 0.301. The highest BCUT2D eigenvalue weighted by Gasteiger charge is 2.27. The molecule has 1 aliphatic rings. The Labute approximate surface area is 228 Å². The summed E-state index contributed by atoms with van der Waals surface area (Å²) >= 11 is 1.52. The number of amides is 1. The zero-order chi connectivity index (χ0) is 27.1. The van der Waals surface area contributed by atoms with Crippen molar-refractivity contribution in [2.24, 2.45) is 0 Å². The van der Waals surface area contributed by atoms with Gasteiger partial charge in [0, 0.05) is 11.3 Å². The lowest BCUT2D eigenvalue weighted by atomic mass is 10.1. The summed E-state index contributed by atoms with van der Waals surface area (Å²) in [6.45, 7) is 6.14. The highest BCUT2D eigenvalue weighted by molar-refractivity contribution is 7.22. The van der Waals surface area contributed by atoms with Crippen LogP contribution in [0.4, 0.5) is 10.5 Å². The summed E-state index contributed by atoms with van der Waals surface area (Å²) < 4.78 is 23.8. The van der Waals surface area contributed by atoms with E-state index in [0.29, 0.717) is 23.1 Å². The van der Waals surface area contributed by atoms with E-state index < -0.39 is 12.2 Å². The number of carbonyl (C=O) groups is 1. The van der Waals surface area contributed by atoms with Crippen molar-refractivity contribution < 1.29 is 23.7 Å². The van der Waals surface area contributed by atoms with Crippen molar-refractivity contribution in [3.63, 3.8) is 0 Å². The molecule has 1 amide bonds. The number of methoxy groups -OCH3 is 1. The molecule has 1 atom stereocenters. The van der Waals surface area contributed by atoms with E-state index in [-0.39, 0.29) is 13.2 Å². The van der Waals surface area contributed by atoms with Crippen LogP contribution in [-0.2, 0) is 4.74 Å². The highest BCUT2D eigenvalue weighted by Crippen LogP contribution is 2.46. The van der Waals surface area contributed by atoms with E-state index in [2.05, 4.69) is 26.3 Å². The second-order valence-corrected chi connectivity index (χ2v) is 10.3. The molecule has 0 spiro atoms. The first-order valence-corrected chi connectivity index (χ1v) is 13.1. The molecule has 6 rings (SSSR count). The van der Waals surface area contributed by atoms with Gasteiger partial charge in [0.2, 0.25) is 5.88 Å². The van der Waals surface area contributed by atoms with Crippen molar-refractivity contribution in [1.82, 2.24) is 19.9 Å². The molecule has 10 nitrogen and oxygen atoms in total. The summed E-state index contributed by atoms with van der Waals surface area (Å²) in [6.07, 6.45) is 2.15. The Balaban J connectivity index is 1.24. The Hall–Kier alpha value is -4.51. The van der Waals surface area contributed by atoms with Crippen LogP contribution in [0.2, 0.25) is 0 Å². The van der Waals surface area contributed by atoms with Crippen LogP contribution in [0.5, 0.6) is 17.4 Å². The number of rotatable bonds is 5. The molecule has 0 radical (unpaired) electrons. The lowest BCUT2D eigenvalue weighted by Crippen LogP contribution is -2.35. The van der Waals surface area contributed by atoms with Gasteiger partial charge in [0.15, 0.2) is 17.6 Å². The maximum Gasteiger partial charge on any atom is 0.411 e. The van der Waals surface area contributed by atoms with E-state index in [1.165, 1.54) is 11.3 Å². The number of hydrogen-bond acceptors (Lipinski definition) is 10. The van der Waals surface area contributed by atoms with Crippen molar-refractivity contribution in [3.05, 3.63) is 59.5 Å².